The normalized spacial score (nSPS) is 27.4. The van der Waals surface area contributed by atoms with Crippen LogP contribution in [0.25, 0.3) is 0 Å². The van der Waals surface area contributed by atoms with Crippen LogP contribution in [0.15, 0.2) is 11.8 Å². The molecule has 0 spiro atoms. The molecule has 0 aliphatic carbocycles. The first-order valence-corrected chi connectivity index (χ1v) is 3.85. The van der Waals surface area contributed by atoms with Gasteiger partial charge in [-0.15, -0.1) is 0 Å². The molecule has 0 saturated heterocycles. The molecule has 0 radical (unpaired) electrons. The molecule has 0 aromatic rings. The molecular weight excluding hydrogens is 124 g/mol. The van der Waals surface area contributed by atoms with E-state index >= 15 is 0 Å². The van der Waals surface area contributed by atoms with E-state index in [1.807, 2.05) is 0 Å². The summed E-state index contributed by atoms with van der Waals surface area (Å²) in [5.74, 6) is 0. The summed E-state index contributed by atoms with van der Waals surface area (Å²) < 4.78 is 0. The van der Waals surface area contributed by atoms with Crippen molar-refractivity contribution < 1.29 is 0 Å². The summed E-state index contributed by atoms with van der Waals surface area (Å²) in [7, 11) is 2.11. The van der Waals surface area contributed by atoms with Gasteiger partial charge in [0.1, 0.15) is 0 Å². The summed E-state index contributed by atoms with van der Waals surface area (Å²) in [6.45, 7) is 7.63. The van der Waals surface area contributed by atoms with E-state index in [9.17, 15) is 0 Å². The number of hydrogen-bond donors (Lipinski definition) is 0. The molecule has 2 nitrogen and oxygen atoms in total. The van der Waals surface area contributed by atoms with Crippen molar-refractivity contribution in [2.45, 2.75) is 26.8 Å². The van der Waals surface area contributed by atoms with Gasteiger partial charge in [-0.05, 0) is 19.9 Å². The largest absolute Gasteiger partial charge is 0.313 e. The predicted octanol–water partition coefficient (Wildman–Crippen LogP) is 1.46. The molecule has 0 aromatic heterocycles. The van der Waals surface area contributed by atoms with Gasteiger partial charge in [-0.1, -0.05) is 6.92 Å². The van der Waals surface area contributed by atoms with Crippen molar-refractivity contribution in [2.75, 3.05) is 13.6 Å². The number of rotatable bonds is 1. The molecule has 1 aliphatic heterocycles. The van der Waals surface area contributed by atoms with Crippen LogP contribution in [0.2, 0.25) is 0 Å². The highest BCUT2D eigenvalue weighted by Gasteiger charge is 2.21. The van der Waals surface area contributed by atoms with E-state index < -0.39 is 0 Å². The summed E-state index contributed by atoms with van der Waals surface area (Å²) in [4.78, 5) is 0. The highest BCUT2D eigenvalue weighted by Crippen LogP contribution is 2.18. The van der Waals surface area contributed by atoms with E-state index in [0.29, 0.717) is 6.04 Å². The van der Waals surface area contributed by atoms with Gasteiger partial charge in [0.25, 0.3) is 0 Å². The molecule has 1 aliphatic rings. The van der Waals surface area contributed by atoms with Gasteiger partial charge in [-0.2, -0.15) is 0 Å². The molecule has 1 heterocycles. The molecule has 2 heteroatoms. The maximum absolute atomic E-state index is 2.33. The van der Waals surface area contributed by atoms with E-state index in [2.05, 4.69) is 43.9 Å². The van der Waals surface area contributed by atoms with Gasteiger partial charge in [0, 0.05) is 25.3 Å². The molecule has 10 heavy (non-hydrogen) atoms. The van der Waals surface area contributed by atoms with Crippen LogP contribution in [0.4, 0.5) is 0 Å². The highest BCUT2D eigenvalue weighted by molar-refractivity contribution is 5.07. The molecule has 1 unspecified atom stereocenters. The first-order chi connectivity index (χ1) is 4.66. The van der Waals surface area contributed by atoms with Crippen molar-refractivity contribution in [3.8, 4) is 0 Å². The molecule has 58 valence electrons. The molecule has 0 aromatic carbocycles. The molecule has 1 atom stereocenters. The van der Waals surface area contributed by atoms with Crippen LogP contribution in [-0.4, -0.2) is 29.7 Å². The van der Waals surface area contributed by atoms with Gasteiger partial charge < -0.3 is 5.01 Å². The SMILES string of the molecule is CCN1C(C)C=C(C)N1C. The third kappa shape index (κ3) is 1.03. The minimum atomic E-state index is 0.579. The lowest BCUT2D eigenvalue weighted by molar-refractivity contribution is 0.0426. The second-order valence-electron chi connectivity index (χ2n) is 2.83. The quantitative estimate of drug-likeness (QED) is 0.544. The zero-order valence-corrected chi connectivity index (χ0v) is 7.26. The monoisotopic (exact) mass is 140 g/mol. The number of likely N-dealkylation sites (N-methyl/N-ethyl adjacent to an activating group) is 1. The Balaban J connectivity index is 2.66. The summed E-state index contributed by atoms with van der Waals surface area (Å²) in [5.41, 5.74) is 1.36. The fourth-order valence-electron chi connectivity index (χ4n) is 1.52. The zero-order valence-electron chi connectivity index (χ0n) is 7.26. The second-order valence-corrected chi connectivity index (χ2v) is 2.83. The average molecular weight is 140 g/mol. The van der Waals surface area contributed by atoms with Gasteiger partial charge in [-0.3, -0.25) is 0 Å². The van der Waals surface area contributed by atoms with E-state index in [-0.39, 0.29) is 0 Å². The van der Waals surface area contributed by atoms with Gasteiger partial charge in [0.15, 0.2) is 0 Å². The van der Waals surface area contributed by atoms with Crippen molar-refractivity contribution >= 4 is 0 Å². The summed E-state index contributed by atoms with van der Waals surface area (Å²) in [6.07, 6.45) is 2.28. The molecule has 0 bridgehead atoms. The fourth-order valence-corrected chi connectivity index (χ4v) is 1.52. The van der Waals surface area contributed by atoms with Crippen molar-refractivity contribution in [2.24, 2.45) is 0 Å². The second kappa shape index (κ2) is 2.62. The van der Waals surface area contributed by atoms with Crippen LogP contribution in [0, 0.1) is 0 Å². The third-order valence-electron chi connectivity index (χ3n) is 2.17. The molecule has 0 saturated carbocycles. The molecular formula is C8H16N2. The maximum atomic E-state index is 2.33. The van der Waals surface area contributed by atoms with E-state index in [1.165, 1.54) is 5.70 Å². The molecule has 0 fully saturated rings. The van der Waals surface area contributed by atoms with Crippen LogP contribution in [0.5, 0.6) is 0 Å². The minimum absolute atomic E-state index is 0.579. The Morgan fingerprint density at radius 1 is 1.60 bits per heavy atom. The maximum Gasteiger partial charge on any atom is 0.0464 e. The first-order valence-electron chi connectivity index (χ1n) is 3.85. The Morgan fingerprint density at radius 2 is 2.20 bits per heavy atom. The zero-order chi connectivity index (χ0) is 7.72. The van der Waals surface area contributed by atoms with Crippen molar-refractivity contribution in [1.29, 1.82) is 0 Å². The Morgan fingerprint density at radius 3 is 2.40 bits per heavy atom. The number of allylic oxidation sites excluding steroid dienone is 1. The van der Waals surface area contributed by atoms with Crippen LogP contribution >= 0.6 is 0 Å². The summed E-state index contributed by atoms with van der Waals surface area (Å²) >= 11 is 0. The van der Waals surface area contributed by atoms with E-state index in [0.717, 1.165) is 6.54 Å². The highest BCUT2D eigenvalue weighted by atomic mass is 15.6. The van der Waals surface area contributed by atoms with Gasteiger partial charge in [-0.25, -0.2) is 5.01 Å². The van der Waals surface area contributed by atoms with E-state index in [4.69, 9.17) is 0 Å². The Kier molecular flexibility index (Phi) is 2.00. The van der Waals surface area contributed by atoms with Gasteiger partial charge in [0.05, 0.1) is 0 Å². The van der Waals surface area contributed by atoms with Crippen LogP contribution in [0.3, 0.4) is 0 Å². The lowest BCUT2D eigenvalue weighted by Gasteiger charge is -2.29. The molecule has 0 amide bonds. The number of hydrazine groups is 1. The van der Waals surface area contributed by atoms with Crippen molar-refractivity contribution in [1.82, 2.24) is 10.0 Å². The van der Waals surface area contributed by atoms with Crippen molar-refractivity contribution in [3.63, 3.8) is 0 Å². The number of nitrogens with zero attached hydrogens (tertiary/aromatic N) is 2. The predicted molar refractivity (Wildman–Crippen MR) is 43.4 cm³/mol. The topological polar surface area (TPSA) is 6.48 Å². The van der Waals surface area contributed by atoms with E-state index in [1.54, 1.807) is 0 Å². The standard InChI is InChI=1S/C8H16N2/c1-5-10-8(3)6-7(2)9(10)4/h6,8H,5H2,1-4H3. The lowest BCUT2D eigenvalue weighted by Crippen LogP contribution is -2.37. The Bertz CT molecular complexity index is 151. The third-order valence-corrected chi connectivity index (χ3v) is 2.17. The molecule has 1 rings (SSSR count). The number of hydrogen-bond acceptors (Lipinski definition) is 2. The lowest BCUT2D eigenvalue weighted by atomic mass is 10.3. The Hall–Kier alpha value is -0.500. The van der Waals surface area contributed by atoms with Crippen LogP contribution in [-0.2, 0) is 0 Å². The van der Waals surface area contributed by atoms with Gasteiger partial charge in [0.2, 0.25) is 0 Å². The average Bonchev–Trinajstić information content (AvgIpc) is 2.09. The van der Waals surface area contributed by atoms with Crippen molar-refractivity contribution in [3.05, 3.63) is 11.8 Å². The fraction of sp³-hybridized carbons (Fsp3) is 0.750. The minimum Gasteiger partial charge on any atom is -0.313 e. The molecule has 0 N–H and O–H groups in total. The summed E-state index contributed by atoms with van der Waals surface area (Å²) in [6, 6.07) is 0.579. The van der Waals surface area contributed by atoms with Crippen LogP contribution in [0.1, 0.15) is 20.8 Å². The Labute approximate surface area is 63.1 Å². The van der Waals surface area contributed by atoms with Crippen LogP contribution < -0.4 is 0 Å². The van der Waals surface area contributed by atoms with Gasteiger partial charge >= 0.3 is 0 Å². The summed E-state index contributed by atoms with van der Waals surface area (Å²) in [5, 5.41) is 4.54. The first kappa shape index (κ1) is 7.61. The smallest absolute Gasteiger partial charge is 0.0464 e.